The zero-order chi connectivity index (χ0) is 32.1. The van der Waals surface area contributed by atoms with E-state index >= 15 is 0 Å². The van der Waals surface area contributed by atoms with Gasteiger partial charge >= 0.3 is 23.7 Å². The first kappa shape index (κ1) is 14.3. The van der Waals surface area contributed by atoms with Gasteiger partial charge in [-0.3, -0.25) is 4.98 Å². The Kier molecular flexibility index (Phi) is 3.04. The van der Waals surface area contributed by atoms with Gasteiger partial charge in [-0.15, -0.1) is 0 Å². The van der Waals surface area contributed by atoms with Crippen LogP contribution in [-0.2, 0) is 11.8 Å². The van der Waals surface area contributed by atoms with E-state index in [1.165, 1.54) is 0 Å². The number of fused-ring (bicyclic) bond motifs is 1. The van der Waals surface area contributed by atoms with Crippen molar-refractivity contribution < 1.29 is 47.5 Å². The molecule has 3 aromatic rings. The zero-order valence-electron chi connectivity index (χ0n) is 25.1. The monoisotopic (exact) mass is 480 g/mol. The molecule has 0 saturated heterocycles. The number of halogens is 8. The van der Waals surface area contributed by atoms with Gasteiger partial charge in [0.2, 0.25) is 0 Å². The molecular weight excluding hydrogens is 454 g/mol. The molecule has 0 atom stereocenters. The summed E-state index contributed by atoms with van der Waals surface area (Å²) in [5.41, 5.74) is -7.55. The Hall–Kier alpha value is -2.97. The molecule has 2 aromatic carbocycles. The van der Waals surface area contributed by atoms with E-state index in [1.54, 1.807) is 0 Å². The van der Waals surface area contributed by atoms with Gasteiger partial charge in [0.25, 0.3) is 0 Å². The van der Waals surface area contributed by atoms with E-state index in [9.17, 15) is 35.1 Å². The maximum Gasteiger partial charge on any atom is 0.382 e. The lowest BCUT2D eigenvalue weighted by Gasteiger charge is -2.42. The first-order chi connectivity index (χ1) is 18.8. The Morgan fingerprint density at radius 2 is 1.24 bits per heavy atom. The van der Waals surface area contributed by atoms with Crippen LogP contribution in [0.25, 0.3) is 22.4 Å². The first-order valence-corrected chi connectivity index (χ1v) is 9.09. The maximum atomic E-state index is 14.7. The highest BCUT2D eigenvalue weighted by Gasteiger charge is 2.85. The predicted octanol–water partition coefficient (Wildman–Crippen LogP) is 7.81. The quantitative estimate of drug-likeness (QED) is 0.341. The van der Waals surface area contributed by atoms with Crippen molar-refractivity contribution in [2.75, 3.05) is 0 Å². The molecule has 0 aliphatic heterocycles. The van der Waals surface area contributed by atoms with Crippen molar-refractivity contribution in [1.29, 1.82) is 0 Å². The van der Waals surface area contributed by atoms with Gasteiger partial charge in [-0.1, -0.05) is 24.3 Å². The van der Waals surface area contributed by atoms with Gasteiger partial charge in [-0.2, -0.15) is 35.1 Å². The minimum Gasteiger partial charge on any atom is -0.256 e. The van der Waals surface area contributed by atoms with Gasteiger partial charge < -0.3 is 0 Å². The van der Waals surface area contributed by atoms with E-state index in [2.05, 4.69) is 4.98 Å². The Bertz CT molecular complexity index is 1560. The van der Waals surface area contributed by atoms with Crippen molar-refractivity contribution in [3.05, 3.63) is 76.5 Å². The Morgan fingerprint density at radius 1 is 0.636 bits per heavy atom. The highest BCUT2D eigenvalue weighted by Crippen LogP contribution is 2.64. The molecule has 1 heterocycles. The van der Waals surface area contributed by atoms with Crippen LogP contribution in [0.3, 0.4) is 0 Å². The Morgan fingerprint density at radius 3 is 1.88 bits per heavy atom. The first-order valence-electron chi connectivity index (χ1n) is 13.6. The molecule has 1 aliphatic carbocycles. The van der Waals surface area contributed by atoms with Crippen LogP contribution in [0.5, 0.6) is 0 Å². The highest BCUT2D eigenvalue weighted by atomic mass is 19.4. The Labute approximate surface area is 196 Å². The third-order valence-electron chi connectivity index (χ3n) is 5.41. The van der Waals surface area contributed by atoms with E-state index in [0.29, 0.717) is 6.07 Å². The van der Waals surface area contributed by atoms with Crippen LogP contribution in [-0.4, -0.2) is 16.8 Å². The third kappa shape index (κ3) is 3.08. The van der Waals surface area contributed by atoms with Crippen LogP contribution in [0, 0.1) is 20.6 Å². The predicted molar refractivity (Wildman–Crippen MR) is 107 cm³/mol. The van der Waals surface area contributed by atoms with Gasteiger partial charge in [0.1, 0.15) is 0 Å². The molecule has 4 rings (SSSR count). The number of benzene rings is 2. The molecule has 1 aliphatic rings. The Balaban J connectivity index is 1.99. The van der Waals surface area contributed by atoms with Crippen LogP contribution in [0.4, 0.5) is 35.1 Å². The summed E-state index contributed by atoms with van der Waals surface area (Å²) in [6, 6.07) is 4.61. The van der Waals surface area contributed by atoms with Crippen molar-refractivity contribution in [2.45, 2.75) is 44.2 Å². The van der Waals surface area contributed by atoms with E-state index in [4.69, 9.17) is 12.3 Å². The summed E-state index contributed by atoms with van der Waals surface area (Å²) >= 11 is 0. The molecule has 174 valence electrons. The fourth-order valence-corrected chi connectivity index (χ4v) is 3.53. The second kappa shape index (κ2) is 7.01. The van der Waals surface area contributed by atoms with Crippen LogP contribution in [0.2, 0.25) is 0 Å². The van der Waals surface area contributed by atoms with E-state index in [-0.39, 0.29) is 23.4 Å². The SMILES string of the molecule is [2H]C([2H])([2H])c1ccc(-c2cc(C([2H])([2H])[2H])c(C([2H])([2H])[2H])cn2)cc1-c1ccc2c(c1)C(F)(F)C(F)(F)C(F)(F)C2(F)F. The van der Waals surface area contributed by atoms with Gasteiger partial charge in [-0.05, 0) is 66.6 Å². The van der Waals surface area contributed by atoms with E-state index < -0.39 is 83.2 Å². The summed E-state index contributed by atoms with van der Waals surface area (Å²) in [7, 11) is 0. The fourth-order valence-electron chi connectivity index (χ4n) is 3.53. The molecule has 1 aromatic heterocycles. The van der Waals surface area contributed by atoms with Crippen molar-refractivity contribution >= 4 is 0 Å². The van der Waals surface area contributed by atoms with E-state index in [0.717, 1.165) is 30.5 Å². The van der Waals surface area contributed by atoms with Crippen molar-refractivity contribution in [3.8, 4) is 22.4 Å². The molecule has 0 spiro atoms. The van der Waals surface area contributed by atoms with Gasteiger partial charge in [0.15, 0.2) is 0 Å². The summed E-state index contributed by atoms with van der Waals surface area (Å²) in [5, 5.41) is 0. The van der Waals surface area contributed by atoms with E-state index in [1.807, 2.05) is 0 Å². The molecule has 0 fully saturated rings. The number of hydrogen-bond donors (Lipinski definition) is 0. The second-order valence-electron chi connectivity index (χ2n) is 7.43. The zero-order valence-corrected chi connectivity index (χ0v) is 16.1. The number of nitrogens with zero attached hydrogens (tertiary/aromatic N) is 1. The molecule has 0 unspecified atom stereocenters. The lowest BCUT2D eigenvalue weighted by atomic mass is 9.78. The molecule has 0 radical (unpaired) electrons. The molecule has 0 bridgehead atoms. The summed E-state index contributed by atoms with van der Waals surface area (Å²) in [4.78, 5) is 3.91. The minimum atomic E-state index is -6.52. The average Bonchev–Trinajstić information content (AvgIpc) is 2.85. The average molecular weight is 480 g/mol. The molecule has 0 N–H and O–H groups in total. The second-order valence-corrected chi connectivity index (χ2v) is 7.43. The normalized spacial score (nSPS) is 24.9. The van der Waals surface area contributed by atoms with Crippen LogP contribution in [0.15, 0.2) is 48.7 Å². The largest absolute Gasteiger partial charge is 0.382 e. The number of rotatable bonds is 2. The minimum absolute atomic E-state index is 0.0692. The van der Waals surface area contributed by atoms with Crippen LogP contribution >= 0.6 is 0 Å². The molecule has 0 saturated carbocycles. The van der Waals surface area contributed by atoms with Crippen molar-refractivity contribution in [1.82, 2.24) is 4.98 Å². The smallest absolute Gasteiger partial charge is 0.256 e. The number of alkyl halides is 8. The summed E-state index contributed by atoms with van der Waals surface area (Å²) in [6.07, 6.45) is 0.755. The lowest BCUT2D eigenvalue weighted by Crippen LogP contribution is -2.63. The molecule has 33 heavy (non-hydrogen) atoms. The van der Waals surface area contributed by atoms with Gasteiger partial charge in [0.05, 0.1) is 5.69 Å². The lowest BCUT2D eigenvalue weighted by molar-refractivity contribution is -0.386. The van der Waals surface area contributed by atoms with Gasteiger partial charge in [-0.25, -0.2) is 0 Å². The van der Waals surface area contributed by atoms with Crippen LogP contribution < -0.4 is 0 Å². The number of pyridine rings is 1. The topological polar surface area (TPSA) is 12.9 Å². The number of aryl methyl sites for hydroxylation is 3. The maximum absolute atomic E-state index is 14.7. The number of hydrogen-bond acceptors (Lipinski definition) is 1. The third-order valence-corrected chi connectivity index (χ3v) is 5.41. The van der Waals surface area contributed by atoms with Gasteiger partial charge in [0, 0.05) is 35.2 Å². The molecule has 9 heteroatoms. The summed E-state index contributed by atoms with van der Waals surface area (Å²) in [6.45, 7) is -8.85. The number of aromatic nitrogens is 1. The van der Waals surface area contributed by atoms with Crippen molar-refractivity contribution in [3.63, 3.8) is 0 Å². The standard InChI is InChI=1S/C24H17F8N/c1-12-4-5-16(20-8-13(2)14(3)11-33-20)9-17(12)15-6-7-18-19(10-15)22(27,28)24(31,32)23(29,30)21(18,25)26/h4-11H,1-3H3/i1D3,2D3,3D3. The van der Waals surface area contributed by atoms with Crippen LogP contribution in [0.1, 0.15) is 40.2 Å². The summed E-state index contributed by atoms with van der Waals surface area (Å²) < 4.78 is 183. The molecular formula is C24H17F8N. The molecule has 1 nitrogen and oxygen atoms in total. The van der Waals surface area contributed by atoms with Crippen molar-refractivity contribution in [2.24, 2.45) is 0 Å². The molecule has 0 amide bonds. The fraction of sp³-hybridized carbons (Fsp3) is 0.292. The highest BCUT2D eigenvalue weighted by molar-refractivity contribution is 5.75. The summed E-state index contributed by atoms with van der Waals surface area (Å²) in [5.74, 6) is -24.5.